The molecule has 2 aliphatic rings. The summed E-state index contributed by atoms with van der Waals surface area (Å²) >= 11 is 0. The fourth-order valence-electron chi connectivity index (χ4n) is 3.41. The molecular weight excluding hydrogens is 240 g/mol. The molecule has 1 heterocycles. The first-order valence-corrected chi connectivity index (χ1v) is 6.58. The predicted octanol–water partition coefficient (Wildman–Crippen LogP) is 1.81. The van der Waals surface area contributed by atoms with Crippen LogP contribution < -0.4 is 0 Å². The molecule has 1 saturated carbocycles. The van der Waals surface area contributed by atoms with Gasteiger partial charge in [-0.15, -0.1) is 0 Å². The summed E-state index contributed by atoms with van der Waals surface area (Å²) in [6.45, 7) is 0.777. The number of nitriles is 1. The molecule has 1 aromatic carbocycles. The lowest BCUT2D eigenvalue weighted by Gasteiger charge is -2.27. The highest BCUT2D eigenvalue weighted by molar-refractivity contribution is 5.95. The van der Waals surface area contributed by atoms with Gasteiger partial charge in [0.15, 0.2) is 0 Å². The first-order valence-electron chi connectivity index (χ1n) is 6.58. The zero-order valence-corrected chi connectivity index (χ0v) is 10.9. The van der Waals surface area contributed by atoms with Gasteiger partial charge in [-0.1, -0.05) is 6.07 Å². The molecule has 98 valence electrons. The van der Waals surface area contributed by atoms with Gasteiger partial charge in [0.2, 0.25) is 0 Å². The van der Waals surface area contributed by atoms with Gasteiger partial charge in [0.1, 0.15) is 0 Å². The van der Waals surface area contributed by atoms with E-state index >= 15 is 0 Å². The lowest BCUT2D eigenvalue weighted by Crippen LogP contribution is -2.39. The van der Waals surface area contributed by atoms with Crippen molar-refractivity contribution in [2.24, 2.45) is 5.92 Å². The maximum Gasteiger partial charge on any atom is 0.254 e. The number of carbonyl (C=O) groups excluding carboxylic acids is 1. The van der Waals surface area contributed by atoms with Crippen LogP contribution in [0.1, 0.15) is 28.8 Å². The third-order valence-electron chi connectivity index (χ3n) is 4.28. The second-order valence-electron chi connectivity index (χ2n) is 5.26. The number of nitrogens with zero attached hydrogens (tertiary/aromatic N) is 2. The van der Waals surface area contributed by atoms with E-state index in [1.165, 1.54) is 0 Å². The molecule has 2 bridgehead atoms. The molecule has 3 rings (SSSR count). The van der Waals surface area contributed by atoms with Crippen molar-refractivity contribution in [3.05, 3.63) is 35.4 Å². The number of hydrogen-bond donors (Lipinski definition) is 0. The van der Waals surface area contributed by atoms with Gasteiger partial charge in [-0.2, -0.15) is 5.26 Å². The molecule has 1 aliphatic heterocycles. The smallest absolute Gasteiger partial charge is 0.254 e. The van der Waals surface area contributed by atoms with Crippen LogP contribution in [0.2, 0.25) is 0 Å². The van der Waals surface area contributed by atoms with Crippen LogP contribution in [0.5, 0.6) is 0 Å². The van der Waals surface area contributed by atoms with Crippen molar-refractivity contribution in [1.82, 2.24) is 4.90 Å². The van der Waals surface area contributed by atoms with Crippen LogP contribution in [0.15, 0.2) is 24.3 Å². The Bertz CT molecular complexity index is 549. The number of amides is 1. The summed E-state index contributed by atoms with van der Waals surface area (Å²) in [5.41, 5.74) is 1.12. The fourth-order valence-corrected chi connectivity index (χ4v) is 3.41. The summed E-state index contributed by atoms with van der Waals surface area (Å²) in [6, 6.07) is 9.18. The zero-order valence-electron chi connectivity index (χ0n) is 10.9. The molecule has 1 amide bonds. The molecule has 4 heteroatoms. The van der Waals surface area contributed by atoms with Gasteiger partial charge in [-0.05, 0) is 31.0 Å². The maximum absolute atomic E-state index is 12.5. The Morgan fingerprint density at radius 2 is 2.32 bits per heavy atom. The van der Waals surface area contributed by atoms with Crippen molar-refractivity contribution in [3.63, 3.8) is 0 Å². The van der Waals surface area contributed by atoms with Crippen LogP contribution in [0, 0.1) is 17.2 Å². The van der Waals surface area contributed by atoms with Crippen LogP contribution in [0.3, 0.4) is 0 Å². The molecule has 0 N–H and O–H groups in total. The number of methoxy groups -OCH3 is 1. The molecule has 0 radical (unpaired) electrons. The number of likely N-dealkylation sites (tertiary alicyclic amines) is 1. The Hall–Kier alpha value is -1.86. The van der Waals surface area contributed by atoms with E-state index in [-0.39, 0.29) is 18.1 Å². The van der Waals surface area contributed by atoms with Crippen LogP contribution in [-0.2, 0) is 4.74 Å². The first kappa shape index (κ1) is 12.2. The molecule has 0 spiro atoms. The minimum Gasteiger partial charge on any atom is -0.379 e. The van der Waals surface area contributed by atoms with Crippen molar-refractivity contribution >= 4 is 5.91 Å². The normalized spacial score (nSPS) is 28.4. The minimum atomic E-state index is 0.0198. The number of carbonyl (C=O) groups is 1. The standard InChI is InChI=1S/C15H16N2O2/c1-19-14-12-5-6-13(14)17(9-12)15(18)11-4-2-3-10(7-11)8-16/h2-4,7,12-14H,5-6,9H2,1H3. The quantitative estimate of drug-likeness (QED) is 0.811. The van der Waals surface area contributed by atoms with Gasteiger partial charge >= 0.3 is 0 Å². The number of ether oxygens (including phenoxy) is 1. The number of rotatable bonds is 2. The highest BCUT2D eigenvalue weighted by Gasteiger charge is 2.49. The Morgan fingerprint density at radius 1 is 1.47 bits per heavy atom. The van der Waals surface area contributed by atoms with Crippen LogP contribution in [0.25, 0.3) is 0 Å². The summed E-state index contributed by atoms with van der Waals surface area (Å²) in [6.07, 6.45) is 2.35. The zero-order chi connectivity index (χ0) is 13.4. The second-order valence-corrected chi connectivity index (χ2v) is 5.26. The average Bonchev–Trinajstić information content (AvgIpc) is 3.03. The van der Waals surface area contributed by atoms with E-state index < -0.39 is 0 Å². The molecule has 1 saturated heterocycles. The Balaban J connectivity index is 1.84. The summed E-state index contributed by atoms with van der Waals surface area (Å²) in [5, 5.41) is 8.90. The molecule has 0 aromatic heterocycles. The molecule has 19 heavy (non-hydrogen) atoms. The van der Waals surface area contributed by atoms with E-state index in [4.69, 9.17) is 10.00 Å². The van der Waals surface area contributed by atoms with Crippen LogP contribution in [0.4, 0.5) is 0 Å². The van der Waals surface area contributed by atoms with Gasteiger partial charge < -0.3 is 9.64 Å². The second kappa shape index (κ2) is 4.67. The van der Waals surface area contributed by atoms with E-state index in [2.05, 4.69) is 6.07 Å². The third kappa shape index (κ3) is 1.91. The number of piperidine rings is 1. The molecule has 2 fully saturated rings. The van der Waals surface area contributed by atoms with E-state index in [1.54, 1.807) is 31.4 Å². The number of fused-ring (bicyclic) bond motifs is 2. The summed E-state index contributed by atoms with van der Waals surface area (Å²) in [7, 11) is 1.72. The molecule has 1 aliphatic carbocycles. The molecule has 1 aromatic rings. The highest BCUT2D eigenvalue weighted by atomic mass is 16.5. The molecular formula is C15H16N2O2. The predicted molar refractivity (Wildman–Crippen MR) is 69.5 cm³/mol. The highest BCUT2D eigenvalue weighted by Crippen LogP contribution is 2.40. The van der Waals surface area contributed by atoms with E-state index in [9.17, 15) is 4.79 Å². The van der Waals surface area contributed by atoms with Gasteiger partial charge in [-0.25, -0.2) is 0 Å². The van der Waals surface area contributed by atoms with Crippen molar-refractivity contribution in [1.29, 1.82) is 5.26 Å². The Labute approximate surface area is 112 Å². The Kier molecular flexibility index (Phi) is 3.00. The van der Waals surface area contributed by atoms with Crippen molar-refractivity contribution in [2.75, 3.05) is 13.7 Å². The first-order chi connectivity index (χ1) is 9.24. The lowest BCUT2D eigenvalue weighted by atomic mass is 10.1. The molecule has 3 atom stereocenters. The molecule has 3 unspecified atom stereocenters. The van der Waals surface area contributed by atoms with E-state index in [1.807, 2.05) is 4.90 Å². The fraction of sp³-hybridized carbons (Fsp3) is 0.467. The largest absolute Gasteiger partial charge is 0.379 e. The summed E-state index contributed by atoms with van der Waals surface area (Å²) < 4.78 is 5.51. The van der Waals surface area contributed by atoms with Crippen molar-refractivity contribution in [3.8, 4) is 6.07 Å². The van der Waals surface area contributed by atoms with Crippen LogP contribution >= 0.6 is 0 Å². The van der Waals surface area contributed by atoms with Gasteiger partial charge in [0.25, 0.3) is 5.91 Å². The van der Waals surface area contributed by atoms with Gasteiger partial charge in [-0.3, -0.25) is 4.79 Å². The van der Waals surface area contributed by atoms with Gasteiger partial charge in [0.05, 0.1) is 23.8 Å². The number of hydrogen-bond acceptors (Lipinski definition) is 3. The maximum atomic E-state index is 12.5. The summed E-state index contributed by atoms with van der Waals surface area (Å²) in [4.78, 5) is 14.4. The number of benzene rings is 1. The average molecular weight is 256 g/mol. The molecule has 4 nitrogen and oxygen atoms in total. The SMILES string of the molecule is COC1C2CCC1N(C(=O)c1cccc(C#N)c1)C2. The monoisotopic (exact) mass is 256 g/mol. The van der Waals surface area contributed by atoms with Gasteiger partial charge in [0, 0.05) is 25.1 Å². The van der Waals surface area contributed by atoms with E-state index in [0.29, 0.717) is 17.0 Å². The van der Waals surface area contributed by atoms with Crippen LogP contribution in [-0.4, -0.2) is 36.6 Å². The van der Waals surface area contributed by atoms with Crippen molar-refractivity contribution in [2.45, 2.75) is 25.0 Å². The third-order valence-corrected chi connectivity index (χ3v) is 4.28. The summed E-state index contributed by atoms with van der Waals surface area (Å²) in [5.74, 6) is 0.490. The lowest BCUT2D eigenvalue weighted by molar-refractivity contribution is 0.0546. The topological polar surface area (TPSA) is 53.3 Å². The van der Waals surface area contributed by atoms with E-state index in [0.717, 1.165) is 19.4 Å². The minimum absolute atomic E-state index is 0.0198. The van der Waals surface area contributed by atoms with Crippen molar-refractivity contribution < 1.29 is 9.53 Å². The Morgan fingerprint density at radius 3 is 3.00 bits per heavy atom.